The maximum atomic E-state index is 9.64. The van der Waals surface area contributed by atoms with Crippen LogP contribution in [-0.4, -0.2) is 29.2 Å². The lowest BCUT2D eigenvalue weighted by Gasteiger charge is -2.33. The second-order valence-corrected chi connectivity index (χ2v) is 5.10. The topological polar surface area (TPSA) is 23.5 Å². The summed E-state index contributed by atoms with van der Waals surface area (Å²) in [5, 5.41) is 13.9. The van der Waals surface area contributed by atoms with E-state index in [1.165, 1.54) is 5.56 Å². The van der Waals surface area contributed by atoms with Crippen molar-refractivity contribution in [1.82, 2.24) is 4.90 Å². The monoisotopic (exact) mass is 211 g/mol. The van der Waals surface area contributed by atoms with Crippen molar-refractivity contribution in [2.24, 2.45) is 5.92 Å². The summed E-state index contributed by atoms with van der Waals surface area (Å²) in [6, 6.07) is 2.16. The average Bonchev–Trinajstić information content (AvgIpc) is 2.54. The summed E-state index contributed by atoms with van der Waals surface area (Å²) < 4.78 is 0. The molecule has 1 aromatic rings. The molecule has 14 heavy (non-hydrogen) atoms. The van der Waals surface area contributed by atoms with E-state index >= 15 is 0 Å². The zero-order valence-corrected chi connectivity index (χ0v) is 9.33. The quantitative estimate of drug-likeness (QED) is 0.808. The molecule has 1 aliphatic rings. The highest BCUT2D eigenvalue weighted by molar-refractivity contribution is 7.07. The lowest BCUT2D eigenvalue weighted by Crippen LogP contribution is -2.41. The highest BCUT2D eigenvalue weighted by Crippen LogP contribution is 2.19. The maximum absolute atomic E-state index is 9.64. The summed E-state index contributed by atoms with van der Waals surface area (Å²) in [6.07, 6.45) is 0.831. The molecule has 2 nitrogen and oxygen atoms in total. The van der Waals surface area contributed by atoms with Gasteiger partial charge in [0.05, 0.1) is 6.10 Å². The van der Waals surface area contributed by atoms with E-state index in [4.69, 9.17) is 0 Å². The van der Waals surface area contributed by atoms with Gasteiger partial charge in [-0.3, -0.25) is 4.90 Å². The van der Waals surface area contributed by atoms with E-state index in [0.29, 0.717) is 5.92 Å². The first-order chi connectivity index (χ1) is 6.74. The predicted octanol–water partition coefficient (Wildman–Crippen LogP) is 1.95. The number of aliphatic hydroxyl groups excluding tert-OH is 1. The fourth-order valence-corrected chi connectivity index (χ4v) is 2.86. The highest BCUT2D eigenvalue weighted by Gasteiger charge is 2.22. The summed E-state index contributed by atoms with van der Waals surface area (Å²) in [6.45, 7) is 5.15. The van der Waals surface area contributed by atoms with Crippen molar-refractivity contribution in [2.45, 2.75) is 26.0 Å². The van der Waals surface area contributed by atoms with Crippen molar-refractivity contribution < 1.29 is 5.11 Å². The molecule has 1 fully saturated rings. The van der Waals surface area contributed by atoms with E-state index in [1.807, 2.05) is 0 Å². The van der Waals surface area contributed by atoms with Gasteiger partial charge >= 0.3 is 0 Å². The van der Waals surface area contributed by atoms with Crippen molar-refractivity contribution >= 4 is 11.3 Å². The van der Waals surface area contributed by atoms with E-state index in [1.54, 1.807) is 11.3 Å². The molecule has 0 radical (unpaired) electrons. The Morgan fingerprint density at radius 2 is 2.43 bits per heavy atom. The van der Waals surface area contributed by atoms with Crippen molar-refractivity contribution in [3.63, 3.8) is 0 Å². The third-order valence-corrected chi connectivity index (χ3v) is 3.43. The van der Waals surface area contributed by atoms with Gasteiger partial charge in [-0.05, 0) is 34.7 Å². The molecular weight excluding hydrogens is 194 g/mol. The van der Waals surface area contributed by atoms with Crippen LogP contribution < -0.4 is 0 Å². The molecule has 0 bridgehead atoms. The standard InChI is InChI=1S/C11H17NOS/c1-9-4-11(13)7-12(5-9)6-10-2-3-14-8-10/h2-3,8-9,11,13H,4-7H2,1H3. The third-order valence-electron chi connectivity index (χ3n) is 2.70. The van der Waals surface area contributed by atoms with E-state index in [9.17, 15) is 5.11 Å². The van der Waals surface area contributed by atoms with Crippen molar-refractivity contribution in [1.29, 1.82) is 0 Å². The highest BCUT2D eigenvalue weighted by atomic mass is 32.1. The van der Waals surface area contributed by atoms with Crippen LogP contribution in [0.3, 0.4) is 0 Å². The Hall–Kier alpha value is -0.380. The molecule has 78 valence electrons. The van der Waals surface area contributed by atoms with Crippen LogP contribution in [-0.2, 0) is 6.54 Å². The van der Waals surface area contributed by atoms with Crippen LogP contribution in [0.2, 0.25) is 0 Å². The number of nitrogens with zero attached hydrogens (tertiary/aromatic N) is 1. The zero-order chi connectivity index (χ0) is 9.97. The first kappa shape index (κ1) is 10.1. The molecule has 2 atom stereocenters. The summed E-state index contributed by atoms with van der Waals surface area (Å²) in [4.78, 5) is 2.35. The molecule has 0 saturated carbocycles. The molecule has 2 heterocycles. The molecule has 0 aliphatic carbocycles. The predicted molar refractivity (Wildman–Crippen MR) is 59.4 cm³/mol. The number of β-amino-alcohol motifs (C(OH)–C–C–N with tert-alkyl or cyclic N) is 1. The van der Waals surface area contributed by atoms with Crippen LogP contribution in [0.5, 0.6) is 0 Å². The van der Waals surface area contributed by atoms with Gasteiger partial charge in [0.25, 0.3) is 0 Å². The minimum absolute atomic E-state index is 0.127. The van der Waals surface area contributed by atoms with Gasteiger partial charge in [-0.2, -0.15) is 11.3 Å². The van der Waals surface area contributed by atoms with Crippen LogP contribution in [0, 0.1) is 5.92 Å². The third kappa shape index (κ3) is 2.56. The van der Waals surface area contributed by atoms with Gasteiger partial charge in [0.1, 0.15) is 0 Å². The zero-order valence-electron chi connectivity index (χ0n) is 8.52. The van der Waals surface area contributed by atoms with E-state index in [0.717, 1.165) is 26.1 Å². The van der Waals surface area contributed by atoms with E-state index in [-0.39, 0.29) is 6.10 Å². The van der Waals surface area contributed by atoms with Gasteiger partial charge in [0.2, 0.25) is 0 Å². The van der Waals surface area contributed by atoms with E-state index < -0.39 is 0 Å². The Labute approximate surface area is 89.2 Å². The van der Waals surface area contributed by atoms with Crippen molar-refractivity contribution in [3.05, 3.63) is 22.4 Å². The van der Waals surface area contributed by atoms with Gasteiger partial charge in [0, 0.05) is 19.6 Å². The number of thiophene rings is 1. The van der Waals surface area contributed by atoms with Gasteiger partial charge in [0.15, 0.2) is 0 Å². The molecule has 3 heteroatoms. The number of rotatable bonds is 2. The molecule has 1 saturated heterocycles. The minimum atomic E-state index is -0.127. The van der Waals surface area contributed by atoms with Crippen molar-refractivity contribution in [2.75, 3.05) is 13.1 Å². The summed E-state index contributed by atoms with van der Waals surface area (Å²) >= 11 is 1.74. The number of hydrogen-bond donors (Lipinski definition) is 1. The SMILES string of the molecule is CC1CC(O)CN(Cc2ccsc2)C1. The lowest BCUT2D eigenvalue weighted by atomic mass is 9.98. The number of likely N-dealkylation sites (tertiary alicyclic amines) is 1. The van der Waals surface area contributed by atoms with Crippen LogP contribution >= 0.6 is 11.3 Å². The Balaban J connectivity index is 1.91. The molecule has 1 aromatic heterocycles. The molecule has 0 spiro atoms. The van der Waals surface area contributed by atoms with Crippen LogP contribution in [0.4, 0.5) is 0 Å². The largest absolute Gasteiger partial charge is 0.392 e. The Morgan fingerprint density at radius 1 is 1.57 bits per heavy atom. The fraction of sp³-hybridized carbons (Fsp3) is 0.636. The molecular formula is C11H17NOS. The average molecular weight is 211 g/mol. The number of aliphatic hydroxyl groups is 1. The Morgan fingerprint density at radius 3 is 3.07 bits per heavy atom. The van der Waals surface area contributed by atoms with Gasteiger partial charge in [-0.25, -0.2) is 0 Å². The molecule has 2 unspecified atom stereocenters. The molecule has 2 rings (SSSR count). The molecule has 1 aliphatic heterocycles. The van der Waals surface area contributed by atoms with Gasteiger partial charge in [-0.15, -0.1) is 0 Å². The molecule has 0 amide bonds. The minimum Gasteiger partial charge on any atom is -0.392 e. The van der Waals surface area contributed by atoms with E-state index in [2.05, 4.69) is 28.7 Å². The Bertz CT molecular complexity index is 263. The van der Waals surface area contributed by atoms with Crippen LogP contribution in [0.1, 0.15) is 18.9 Å². The van der Waals surface area contributed by atoms with Crippen molar-refractivity contribution in [3.8, 4) is 0 Å². The molecule has 0 aromatic carbocycles. The van der Waals surface area contributed by atoms with Crippen LogP contribution in [0.15, 0.2) is 16.8 Å². The first-order valence-electron chi connectivity index (χ1n) is 5.15. The summed E-state index contributed by atoms with van der Waals surface area (Å²) in [7, 11) is 0. The normalized spacial score (nSPS) is 29.3. The lowest BCUT2D eigenvalue weighted by molar-refractivity contribution is 0.0409. The Kier molecular flexibility index (Phi) is 3.21. The summed E-state index contributed by atoms with van der Waals surface area (Å²) in [5.74, 6) is 0.623. The second kappa shape index (κ2) is 4.43. The van der Waals surface area contributed by atoms with Gasteiger partial charge in [-0.1, -0.05) is 6.92 Å². The van der Waals surface area contributed by atoms with Gasteiger partial charge < -0.3 is 5.11 Å². The molecule has 1 N–H and O–H groups in total. The smallest absolute Gasteiger partial charge is 0.0670 e. The fourth-order valence-electron chi connectivity index (χ4n) is 2.20. The first-order valence-corrected chi connectivity index (χ1v) is 6.10. The number of hydrogen-bond acceptors (Lipinski definition) is 3. The summed E-state index contributed by atoms with van der Waals surface area (Å²) in [5.41, 5.74) is 1.37. The number of piperidine rings is 1. The second-order valence-electron chi connectivity index (χ2n) is 4.32. The van der Waals surface area contributed by atoms with Crippen LogP contribution in [0.25, 0.3) is 0 Å². The maximum Gasteiger partial charge on any atom is 0.0670 e.